The lowest BCUT2D eigenvalue weighted by atomic mass is 9.86. The summed E-state index contributed by atoms with van der Waals surface area (Å²) in [4.78, 5) is 11.3. The van der Waals surface area contributed by atoms with E-state index in [1.165, 1.54) is 5.57 Å². The summed E-state index contributed by atoms with van der Waals surface area (Å²) in [5, 5.41) is 9.53. The Balaban J connectivity index is 2.08. The van der Waals surface area contributed by atoms with Crippen LogP contribution in [0, 0.1) is 5.92 Å². The second-order valence-electron chi connectivity index (χ2n) is 4.16. The van der Waals surface area contributed by atoms with E-state index in [-0.39, 0.29) is 11.9 Å². The Hall–Kier alpha value is -1.09. The fraction of sp³-hybridized carbons (Fsp3) is 0.583. The van der Waals surface area contributed by atoms with Gasteiger partial charge in [0.05, 0.1) is 5.92 Å². The summed E-state index contributed by atoms with van der Waals surface area (Å²) >= 11 is 0. The van der Waals surface area contributed by atoms with Crippen LogP contribution in [0.5, 0.6) is 0 Å². The molecule has 0 saturated carbocycles. The van der Waals surface area contributed by atoms with Crippen LogP contribution in [0.3, 0.4) is 0 Å². The molecule has 3 heteroatoms. The monoisotopic (exact) mass is 208 g/mol. The third-order valence-electron chi connectivity index (χ3n) is 3.04. The fourth-order valence-electron chi connectivity index (χ4n) is 2.11. The molecule has 1 aliphatic carbocycles. The van der Waals surface area contributed by atoms with Gasteiger partial charge in [0, 0.05) is 5.57 Å². The third-order valence-corrected chi connectivity index (χ3v) is 3.04. The highest BCUT2D eigenvalue weighted by atomic mass is 16.6. The van der Waals surface area contributed by atoms with E-state index in [0.717, 1.165) is 25.7 Å². The maximum atomic E-state index is 11.3. The zero-order valence-corrected chi connectivity index (χ0v) is 8.90. The van der Waals surface area contributed by atoms with Gasteiger partial charge in [-0.25, -0.2) is 4.79 Å². The number of unbranched alkanes of at least 4 members (excludes halogenated alkanes) is 1. The van der Waals surface area contributed by atoms with Crippen LogP contribution in [0.1, 0.15) is 32.6 Å². The lowest BCUT2D eigenvalue weighted by Crippen LogP contribution is -2.17. The number of esters is 1. The van der Waals surface area contributed by atoms with E-state index in [4.69, 9.17) is 4.74 Å². The number of cyclic esters (lactones) is 1. The van der Waals surface area contributed by atoms with Crippen LogP contribution in [-0.2, 0) is 9.53 Å². The van der Waals surface area contributed by atoms with Gasteiger partial charge >= 0.3 is 5.97 Å². The Bertz CT molecular complexity index is 328. The topological polar surface area (TPSA) is 46.5 Å². The van der Waals surface area contributed by atoms with Gasteiger partial charge < -0.3 is 9.84 Å². The Morgan fingerprint density at radius 2 is 2.33 bits per heavy atom. The van der Waals surface area contributed by atoms with Crippen molar-refractivity contribution in [3.8, 4) is 0 Å². The smallest absolute Gasteiger partial charge is 0.336 e. The molecule has 15 heavy (non-hydrogen) atoms. The van der Waals surface area contributed by atoms with Gasteiger partial charge in [-0.05, 0) is 19.3 Å². The van der Waals surface area contributed by atoms with Crippen molar-refractivity contribution >= 4 is 5.97 Å². The average molecular weight is 208 g/mol. The summed E-state index contributed by atoms with van der Waals surface area (Å²) in [6.45, 7) is 2.15. The molecule has 0 amide bonds. The Kier molecular flexibility index (Phi) is 2.91. The SMILES string of the molecule is CCCCC1=CC=C2C(=O)OC(O)C2C1. The minimum absolute atomic E-state index is 0.130. The second-order valence-corrected chi connectivity index (χ2v) is 4.16. The molecule has 1 aliphatic heterocycles. The highest BCUT2D eigenvalue weighted by Gasteiger charge is 2.39. The van der Waals surface area contributed by atoms with Crippen LogP contribution < -0.4 is 0 Å². The van der Waals surface area contributed by atoms with Crippen molar-refractivity contribution in [2.45, 2.75) is 38.9 Å². The first-order valence-corrected chi connectivity index (χ1v) is 5.51. The van der Waals surface area contributed by atoms with Gasteiger partial charge in [-0.1, -0.05) is 31.1 Å². The molecule has 2 unspecified atom stereocenters. The van der Waals surface area contributed by atoms with Crippen molar-refractivity contribution < 1.29 is 14.6 Å². The standard InChI is InChI=1S/C12H16O3/c1-2-3-4-8-5-6-9-10(7-8)12(14)15-11(9)13/h5-6,10,12,14H,2-4,7H2,1H3. The summed E-state index contributed by atoms with van der Waals surface area (Å²) in [6, 6.07) is 0. The molecular weight excluding hydrogens is 192 g/mol. The van der Waals surface area contributed by atoms with Gasteiger partial charge in [0.1, 0.15) is 0 Å². The first-order chi connectivity index (χ1) is 7.22. The van der Waals surface area contributed by atoms with Crippen molar-refractivity contribution in [2.75, 3.05) is 0 Å². The van der Waals surface area contributed by atoms with Crippen molar-refractivity contribution in [2.24, 2.45) is 5.92 Å². The van der Waals surface area contributed by atoms with Crippen molar-refractivity contribution in [3.63, 3.8) is 0 Å². The summed E-state index contributed by atoms with van der Waals surface area (Å²) in [6.07, 6.45) is 7.01. The van der Waals surface area contributed by atoms with Crippen LogP contribution in [0.25, 0.3) is 0 Å². The summed E-state index contributed by atoms with van der Waals surface area (Å²) in [5.74, 6) is -0.493. The van der Waals surface area contributed by atoms with Gasteiger partial charge in [0.2, 0.25) is 6.29 Å². The molecule has 1 heterocycles. The predicted octanol–water partition coefficient (Wildman–Crippen LogP) is 1.92. The van der Waals surface area contributed by atoms with Crippen molar-refractivity contribution in [1.82, 2.24) is 0 Å². The quantitative estimate of drug-likeness (QED) is 0.721. The van der Waals surface area contributed by atoms with Gasteiger partial charge in [0.25, 0.3) is 0 Å². The lowest BCUT2D eigenvalue weighted by Gasteiger charge is -2.18. The molecule has 2 aliphatic rings. The van der Waals surface area contributed by atoms with Crippen LogP contribution in [0.15, 0.2) is 23.3 Å². The maximum absolute atomic E-state index is 11.3. The van der Waals surface area contributed by atoms with E-state index >= 15 is 0 Å². The van der Waals surface area contributed by atoms with Crippen LogP contribution in [-0.4, -0.2) is 17.4 Å². The molecule has 0 radical (unpaired) electrons. The molecule has 2 atom stereocenters. The fourth-order valence-corrected chi connectivity index (χ4v) is 2.11. The maximum Gasteiger partial charge on any atom is 0.336 e. The lowest BCUT2D eigenvalue weighted by molar-refractivity contribution is -0.155. The van der Waals surface area contributed by atoms with E-state index in [2.05, 4.69) is 6.92 Å². The average Bonchev–Trinajstić information content (AvgIpc) is 2.52. The molecule has 1 saturated heterocycles. The molecule has 0 bridgehead atoms. The van der Waals surface area contributed by atoms with Gasteiger partial charge in [-0.15, -0.1) is 0 Å². The number of carbonyl (C=O) groups is 1. The number of rotatable bonds is 3. The second kappa shape index (κ2) is 4.19. The van der Waals surface area contributed by atoms with Crippen molar-refractivity contribution in [3.05, 3.63) is 23.3 Å². The van der Waals surface area contributed by atoms with Gasteiger partial charge in [-0.3, -0.25) is 0 Å². The largest absolute Gasteiger partial charge is 0.432 e. The number of carbonyl (C=O) groups excluding carboxylic acids is 1. The minimum atomic E-state index is -0.936. The molecular formula is C12H16O3. The van der Waals surface area contributed by atoms with E-state index in [1.54, 1.807) is 6.08 Å². The molecule has 0 aromatic heterocycles. The van der Waals surface area contributed by atoms with E-state index in [0.29, 0.717) is 5.57 Å². The van der Waals surface area contributed by atoms with Gasteiger partial charge in [0.15, 0.2) is 0 Å². The van der Waals surface area contributed by atoms with Crippen molar-refractivity contribution in [1.29, 1.82) is 0 Å². The highest BCUT2D eigenvalue weighted by molar-refractivity contribution is 5.92. The molecule has 0 aromatic rings. The Labute approximate surface area is 89.4 Å². The number of allylic oxidation sites excluding steroid dienone is 3. The molecule has 2 rings (SSSR count). The summed E-state index contributed by atoms with van der Waals surface area (Å²) < 4.78 is 4.78. The summed E-state index contributed by atoms with van der Waals surface area (Å²) in [7, 11) is 0. The van der Waals surface area contributed by atoms with Gasteiger partial charge in [-0.2, -0.15) is 0 Å². The van der Waals surface area contributed by atoms with Crippen LogP contribution >= 0.6 is 0 Å². The molecule has 1 N–H and O–H groups in total. The Morgan fingerprint density at radius 3 is 3.07 bits per heavy atom. The van der Waals surface area contributed by atoms with Crippen LogP contribution in [0.2, 0.25) is 0 Å². The predicted molar refractivity (Wildman–Crippen MR) is 55.9 cm³/mol. The third kappa shape index (κ3) is 1.97. The van der Waals surface area contributed by atoms with Crippen LogP contribution in [0.4, 0.5) is 0 Å². The molecule has 0 aromatic carbocycles. The number of fused-ring (bicyclic) bond motifs is 1. The number of ether oxygens (including phenoxy) is 1. The number of aliphatic hydroxyl groups excluding tert-OH is 1. The number of hydrogen-bond acceptors (Lipinski definition) is 3. The molecule has 1 fully saturated rings. The molecule has 0 spiro atoms. The normalized spacial score (nSPS) is 29.3. The number of hydrogen-bond donors (Lipinski definition) is 1. The molecule has 82 valence electrons. The summed E-state index contributed by atoms with van der Waals surface area (Å²) in [5.41, 5.74) is 1.94. The van der Waals surface area contributed by atoms with E-state index in [9.17, 15) is 9.90 Å². The first kappa shape index (κ1) is 10.4. The zero-order chi connectivity index (χ0) is 10.8. The minimum Gasteiger partial charge on any atom is -0.432 e. The zero-order valence-electron chi connectivity index (χ0n) is 8.90. The first-order valence-electron chi connectivity index (χ1n) is 5.51. The Morgan fingerprint density at radius 1 is 1.53 bits per heavy atom. The van der Waals surface area contributed by atoms with E-state index < -0.39 is 6.29 Å². The van der Waals surface area contributed by atoms with E-state index in [1.807, 2.05) is 6.08 Å². The number of aliphatic hydroxyl groups is 1. The molecule has 3 nitrogen and oxygen atoms in total. The highest BCUT2D eigenvalue weighted by Crippen LogP contribution is 2.36.